The smallest absolute Gasteiger partial charge is 0.363 e. The normalized spacial score (nSPS) is 25.9. The third-order valence-electron chi connectivity index (χ3n) is 1.44. The monoisotopic (exact) mass is 204 g/mol. The zero-order chi connectivity index (χ0) is 10.6. The molecule has 0 amide bonds. The second-order valence-corrected chi connectivity index (χ2v) is 2.59. The molecule has 80 valence electrons. The fourth-order valence-electron chi connectivity index (χ4n) is 0.963. The quantitative estimate of drug-likeness (QED) is 0.593. The first kappa shape index (κ1) is 10.9. The van der Waals surface area contributed by atoms with E-state index in [9.17, 15) is 9.59 Å². The first-order chi connectivity index (χ1) is 6.63. The summed E-state index contributed by atoms with van der Waals surface area (Å²) in [6, 6.07) is 0. The molecule has 0 bridgehead atoms. The number of hydrogen-bond donors (Lipinski definition) is 0. The minimum atomic E-state index is -1.08. The van der Waals surface area contributed by atoms with Crippen LogP contribution in [-0.2, 0) is 28.5 Å². The van der Waals surface area contributed by atoms with Gasteiger partial charge in [0.05, 0.1) is 6.61 Å². The van der Waals surface area contributed by atoms with E-state index < -0.39 is 24.5 Å². The van der Waals surface area contributed by atoms with Gasteiger partial charge in [0.15, 0.2) is 0 Å². The molecule has 1 fully saturated rings. The van der Waals surface area contributed by atoms with Crippen LogP contribution in [0.2, 0.25) is 0 Å². The summed E-state index contributed by atoms with van der Waals surface area (Å²) in [4.78, 5) is 21.6. The van der Waals surface area contributed by atoms with Crippen LogP contribution < -0.4 is 0 Å². The average molecular weight is 204 g/mol. The highest BCUT2D eigenvalue weighted by molar-refractivity contribution is 5.73. The Morgan fingerprint density at radius 3 is 2.79 bits per heavy atom. The van der Waals surface area contributed by atoms with Crippen LogP contribution in [-0.4, -0.2) is 37.7 Å². The molecule has 0 unspecified atom stereocenters. The maximum Gasteiger partial charge on any atom is 0.363 e. The van der Waals surface area contributed by atoms with Crippen molar-refractivity contribution in [2.45, 2.75) is 26.4 Å². The van der Waals surface area contributed by atoms with Gasteiger partial charge in [0, 0.05) is 6.92 Å². The molecule has 0 spiro atoms. The Kier molecular flexibility index (Phi) is 3.84. The Bertz CT molecular complexity index is 226. The fourth-order valence-corrected chi connectivity index (χ4v) is 0.963. The molecule has 6 nitrogen and oxygen atoms in total. The lowest BCUT2D eigenvalue weighted by molar-refractivity contribution is -0.191. The maximum absolute atomic E-state index is 11.1. The molecule has 0 aromatic heterocycles. The lowest BCUT2D eigenvalue weighted by Gasteiger charge is -2.09. The van der Waals surface area contributed by atoms with Gasteiger partial charge in [0.1, 0.15) is 6.61 Å². The summed E-state index contributed by atoms with van der Waals surface area (Å²) < 4.78 is 19.2. The van der Waals surface area contributed by atoms with Gasteiger partial charge >= 0.3 is 11.9 Å². The molecule has 0 radical (unpaired) electrons. The molecule has 1 heterocycles. The number of esters is 2. The van der Waals surface area contributed by atoms with E-state index >= 15 is 0 Å². The van der Waals surface area contributed by atoms with Crippen molar-refractivity contribution in [3.63, 3.8) is 0 Å². The molecular weight excluding hydrogens is 192 g/mol. The lowest BCUT2D eigenvalue weighted by Crippen LogP contribution is -2.26. The van der Waals surface area contributed by atoms with Crippen LogP contribution in [0.5, 0.6) is 0 Å². The van der Waals surface area contributed by atoms with Crippen LogP contribution in [0.25, 0.3) is 0 Å². The van der Waals surface area contributed by atoms with Gasteiger partial charge in [-0.3, -0.25) is 4.79 Å². The van der Waals surface area contributed by atoms with Crippen molar-refractivity contribution >= 4 is 11.9 Å². The van der Waals surface area contributed by atoms with E-state index in [1.807, 2.05) is 0 Å². The standard InChI is InChI=1S/C8H12O6/c1-3-11-7(10)8-12-4-6(14-8)13-5(2)9/h6,8H,3-4H2,1-2H3/t6-,8+/m1/s1. The predicted molar refractivity (Wildman–Crippen MR) is 43.0 cm³/mol. The predicted octanol–water partition coefficient (Wildman–Crippen LogP) is -0.188. The highest BCUT2D eigenvalue weighted by Gasteiger charge is 2.34. The Balaban J connectivity index is 2.33. The summed E-state index contributed by atoms with van der Waals surface area (Å²) in [7, 11) is 0. The highest BCUT2D eigenvalue weighted by Crippen LogP contribution is 2.13. The van der Waals surface area contributed by atoms with Gasteiger partial charge in [-0.05, 0) is 6.92 Å². The molecule has 14 heavy (non-hydrogen) atoms. The topological polar surface area (TPSA) is 71.1 Å². The van der Waals surface area contributed by atoms with Crippen LogP contribution in [0.1, 0.15) is 13.8 Å². The van der Waals surface area contributed by atoms with E-state index in [-0.39, 0.29) is 13.2 Å². The second-order valence-electron chi connectivity index (χ2n) is 2.59. The number of rotatable bonds is 3. The largest absolute Gasteiger partial charge is 0.462 e. The SMILES string of the molecule is CCOC(=O)[C@H]1OC[C@H](OC(C)=O)O1. The van der Waals surface area contributed by atoms with Gasteiger partial charge in [-0.2, -0.15) is 0 Å². The van der Waals surface area contributed by atoms with E-state index in [0.29, 0.717) is 0 Å². The van der Waals surface area contributed by atoms with Crippen molar-refractivity contribution in [3.8, 4) is 0 Å². The molecule has 1 rings (SSSR count). The Morgan fingerprint density at radius 1 is 1.50 bits per heavy atom. The van der Waals surface area contributed by atoms with Crippen molar-refractivity contribution in [1.29, 1.82) is 0 Å². The van der Waals surface area contributed by atoms with Crippen LogP contribution in [0.15, 0.2) is 0 Å². The van der Waals surface area contributed by atoms with Crippen molar-refractivity contribution in [2.24, 2.45) is 0 Å². The van der Waals surface area contributed by atoms with Gasteiger partial charge in [-0.15, -0.1) is 0 Å². The molecule has 1 aliphatic heterocycles. The number of ether oxygens (including phenoxy) is 4. The van der Waals surface area contributed by atoms with Gasteiger partial charge in [-0.25, -0.2) is 4.79 Å². The lowest BCUT2D eigenvalue weighted by atomic mass is 10.6. The van der Waals surface area contributed by atoms with Crippen molar-refractivity contribution in [2.75, 3.05) is 13.2 Å². The molecule has 1 saturated heterocycles. The molecule has 6 heteroatoms. The molecule has 0 aromatic carbocycles. The summed E-state index contributed by atoms with van der Waals surface area (Å²) in [5.41, 5.74) is 0. The van der Waals surface area contributed by atoms with E-state index in [1.54, 1.807) is 6.92 Å². The first-order valence-corrected chi connectivity index (χ1v) is 4.24. The zero-order valence-electron chi connectivity index (χ0n) is 8.02. The highest BCUT2D eigenvalue weighted by atomic mass is 16.8. The Labute approximate surface area is 81.1 Å². The second kappa shape index (κ2) is 4.92. The molecule has 2 atom stereocenters. The van der Waals surface area contributed by atoms with Crippen molar-refractivity contribution in [1.82, 2.24) is 0 Å². The molecule has 1 aliphatic rings. The summed E-state index contributed by atoms with van der Waals surface area (Å²) >= 11 is 0. The van der Waals surface area contributed by atoms with Gasteiger partial charge in [0.2, 0.25) is 6.29 Å². The molecular formula is C8H12O6. The fraction of sp³-hybridized carbons (Fsp3) is 0.750. The summed E-state index contributed by atoms with van der Waals surface area (Å²) in [6.07, 6.45) is -1.90. The third kappa shape index (κ3) is 2.97. The Morgan fingerprint density at radius 2 is 2.21 bits per heavy atom. The van der Waals surface area contributed by atoms with Crippen molar-refractivity contribution in [3.05, 3.63) is 0 Å². The average Bonchev–Trinajstić information content (AvgIpc) is 2.52. The van der Waals surface area contributed by atoms with Crippen LogP contribution >= 0.6 is 0 Å². The van der Waals surface area contributed by atoms with E-state index in [2.05, 4.69) is 9.47 Å². The summed E-state index contributed by atoms with van der Waals surface area (Å²) in [5, 5.41) is 0. The van der Waals surface area contributed by atoms with Crippen LogP contribution in [0.4, 0.5) is 0 Å². The van der Waals surface area contributed by atoms with Gasteiger partial charge < -0.3 is 18.9 Å². The number of hydrogen-bond acceptors (Lipinski definition) is 6. The van der Waals surface area contributed by atoms with Crippen LogP contribution in [0, 0.1) is 0 Å². The molecule has 0 saturated carbocycles. The van der Waals surface area contributed by atoms with E-state index in [1.165, 1.54) is 6.92 Å². The van der Waals surface area contributed by atoms with E-state index in [0.717, 1.165) is 0 Å². The summed E-state index contributed by atoms with van der Waals surface area (Å²) in [6.45, 7) is 3.22. The zero-order valence-corrected chi connectivity index (χ0v) is 8.02. The van der Waals surface area contributed by atoms with Crippen LogP contribution in [0.3, 0.4) is 0 Å². The van der Waals surface area contributed by atoms with Gasteiger partial charge in [-0.1, -0.05) is 0 Å². The van der Waals surface area contributed by atoms with E-state index in [4.69, 9.17) is 9.47 Å². The minimum Gasteiger partial charge on any atom is -0.462 e. The van der Waals surface area contributed by atoms with Crippen molar-refractivity contribution < 1.29 is 28.5 Å². The third-order valence-corrected chi connectivity index (χ3v) is 1.44. The maximum atomic E-state index is 11.1. The first-order valence-electron chi connectivity index (χ1n) is 4.24. The molecule has 0 aliphatic carbocycles. The summed E-state index contributed by atoms with van der Waals surface area (Å²) in [5.74, 6) is -1.09. The minimum absolute atomic E-state index is 0.0447. The number of carbonyl (C=O) groups is 2. The number of carbonyl (C=O) groups excluding carboxylic acids is 2. The molecule has 0 aromatic rings. The van der Waals surface area contributed by atoms with Gasteiger partial charge in [0.25, 0.3) is 6.29 Å². The molecule has 0 N–H and O–H groups in total. The Hall–Kier alpha value is -1.14.